The maximum absolute atomic E-state index is 11.9. The number of primary amides is 1. The number of nitrogens with two attached hydrogens (primary N) is 1. The van der Waals surface area contributed by atoms with Gasteiger partial charge in [0.1, 0.15) is 23.7 Å². The fraction of sp³-hybridized carbons (Fsp3) is 0.318. The summed E-state index contributed by atoms with van der Waals surface area (Å²) < 4.78 is 5.52. The molecule has 33 heavy (non-hydrogen) atoms. The number of amides is 1. The van der Waals surface area contributed by atoms with Gasteiger partial charge in [-0.1, -0.05) is 0 Å². The fourth-order valence-corrected chi connectivity index (χ4v) is 3.47. The second-order valence-electron chi connectivity index (χ2n) is 7.60. The molecule has 1 fully saturated rings. The lowest BCUT2D eigenvalue weighted by atomic mass is 10.2. The summed E-state index contributed by atoms with van der Waals surface area (Å²) in [6.07, 6.45) is 6.22. The fourth-order valence-electron chi connectivity index (χ4n) is 3.47. The molecule has 4 N–H and O–H groups in total. The normalized spacial score (nSPS) is 14.1. The van der Waals surface area contributed by atoms with Gasteiger partial charge in [-0.2, -0.15) is 4.98 Å². The van der Waals surface area contributed by atoms with Crippen LogP contribution in [0.1, 0.15) is 17.3 Å². The zero-order valence-corrected chi connectivity index (χ0v) is 18.7. The highest BCUT2D eigenvalue weighted by molar-refractivity contribution is 5.99. The van der Waals surface area contributed by atoms with Crippen molar-refractivity contribution in [3.05, 3.63) is 48.7 Å². The molecule has 11 nitrogen and oxygen atoms in total. The summed E-state index contributed by atoms with van der Waals surface area (Å²) in [4.78, 5) is 33.5. The van der Waals surface area contributed by atoms with Crippen molar-refractivity contribution in [3.63, 3.8) is 0 Å². The molecule has 3 aromatic heterocycles. The number of pyridine rings is 2. The highest BCUT2D eigenvalue weighted by Crippen LogP contribution is 2.28. The second kappa shape index (κ2) is 10.1. The SMILES string of the molecule is CCOc1ncncc1Nc1cc(Nc2ccc(N3CCN(C)CC3)cn2)ncc1C(N)=O. The first-order valence-corrected chi connectivity index (χ1v) is 10.7. The number of likely N-dealkylation sites (N-methyl/N-ethyl adjacent to an activating group) is 1. The van der Waals surface area contributed by atoms with Crippen LogP contribution in [0.5, 0.6) is 5.88 Å². The van der Waals surface area contributed by atoms with Crippen LogP contribution >= 0.6 is 0 Å². The molecule has 172 valence electrons. The number of hydrogen-bond donors (Lipinski definition) is 3. The maximum Gasteiger partial charge on any atom is 0.252 e. The van der Waals surface area contributed by atoms with Crippen molar-refractivity contribution in [2.24, 2.45) is 5.73 Å². The quantitative estimate of drug-likeness (QED) is 0.469. The highest BCUT2D eigenvalue weighted by atomic mass is 16.5. The molecule has 1 aliphatic rings. The van der Waals surface area contributed by atoms with Gasteiger partial charge in [-0.05, 0) is 26.1 Å². The molecule has 4 heterocycles. The number of carbonyl (C=O) groups excluding carboxylic acids is 1. The molecule has 0 unspecified atom stereocenters. The minimum Gasteiger partial charge on any atom is -0.476 e. The summed E-state index contributed by atoms with van der Waals surface area (Å²) >= 11 is 0. The van der Waals surface area contributed by atoms with Gasteiger partial charge in [0.2, 0.25) is 5.88 Å². The average molecular weight is 450 g/mol. The van der Waals surface area contributed by atoms with E-state index in [4.69, 9.17) is 10.5 Å². The number of nitrogens with one attached hydrogen (secondary N) is 2. The Morgan fingerprint density at radius 1 is 1.03 bits per heavy atom. The third kappa shape index (κ3) is 5.44. The summed E-state index contributed by atoms with van der Waals surface area (Å²) in [7, 11) is 2.13. The van der Waals surface area contributed by atoms with E-state index in [1.807, 2.05) is 25.3 Å². The third-order valence-electron chi connectivity index (χ3n) is 5.27. The van der Waals surface area contributed by atoms with Crippen molar-refractivity contribution in [2.75, 3.05) is 55.4 Å². The van der Waals surface area contributed by atoms with Crippen LogP contribution in [0.25, 0.3) is 0 Å². The molecule has 11 heteroatoms. The van der Waals surface area contributed by atoms with E-state index >= 15 is 0 Å². The first kappa shape index (κ1) is 22.2. The van der Waals surface area contributed by atoms with E-state index in [9.17, 15) is 4.79 Å². The highest BCUT2D eigenvalue weighted by Gasteiger charge is 2.16. The number of carbonyl (C=O) groups is 1. The van der Waals surface area contributed by atoms with Crippen molar-refractivity contribution >= 4 is 34.6 Å². The van der Waals surface area contributed by atoms with Crippen molar-refractivity contribution in [1.29, 1.82) is 0 Å². The van der Waals surface area contributed by atoms with Crippen molar-refractivity contribution in [1.82, 2.24) is 24.8 Å². The van der Waals surface area contributed by atoms with Gasteiger partial charge in [-0.3, -0.25) is 4.79 Å². The topological polar surface area (TPSA) is 134 Å². The van der Waals surface area contributed by atoms with Crippen LogP contribution in [-0.4, -0.2) is 70.6 Å². The van der Waals surface area contributed by atoms with Gasteiger partial charge in [0, 0.05) is 38.4 Å². The molecule has 0 atom stereocenters. The lowest BCUT2D eigenvalue weighted by molar-refractivity contribution is 0.100. The van der Waals surface area contributed by atoms with Crippen LogP contribution in [0.15, 0.2) is 43.1 Å². The van der Waals surface area contributed by atoms with Crippen molar-refractivity contribution in [2.45, 2.75) is 6.92 Å². The minimum absolute atomic E-state index is 0.227. The van der Waals surface area contributed by atoms with Gasteiger partial charge < -0.3 is 30.9 Å². The Hall–Kier alpha value is -3.99. The molecule has 1 amide bonds. The van der Waals surface area contributed by atoms with Gasteiger partial charge in [0.15, 0.2) is 0 Å². The van der Waals surface area contributed by atoms with Crippen LogP contribution in [0.3, 0.4) is 0 Å². The van der Waals surface area contributed by atoms with Crippen LogP contribution < -0.4 is 26.0 Å². The predicted molar refractivity (Wildman–Crippen MR) is 126 cm³/mol. The number of hydrogen-bond acceptors (Lipinski definition) is 10. The molecular weight excluding hydrogens is 422 g/mol. The largest absolute Gasteiger partial charge is 0.476 e. The number of aromatic nitrogens is 4. The Balaban J connectivity index is 1.52. The van der Waals surface area contributed by atoms with Gasteiger partial charge in [-0.25, -0.2) is 15.0 Å². The summed E-state index contributed by atoms with van der Waals surface area (Å²) in [5.74, 6) is 0.893. The standard InChI is InChI=1S/C22H27N9O2/c1-3-33-22-18(13-24-14-27-22)28-17-10-20(26-12-16(17)21(23)32)29-19-5-4-15(11-25-19)31-8-6-30(2)7-9-31/h4-5,10-14H,3,6-9H2,1-2H3,(H2,23,32)(H2,25,26,28,29). The maximum atomic E-state index is 11.9. The minimum atomic E-state index is -0.610. The first-order chi connectivity index (χ1) is 16.0. The predicted octanol–water partition coefficient (Wildman–Crippen LogP) is 2.00. The van der Waals surface area contributed by atoms with E-state index in [0.717, 1.165) is 31.9 Å². The number of ether oxygens (including phenoxy) is 1. The number of rotatable bonds is 8. The molecule has 0 radical (unpaired) electrons. The molecule has 0 bridgehead atoms. The molecule has 0 spiro atoms. The Bertz CT molecular complexity index is 1100. The van der Waals surface area contributed by atoms with Gasteiger partial charge >= 0.3 is 0 Å². The van der Waals surface area contributed by atoms with E-state index in [0.29, 0.717) is 35.5 Å². The van der Waals surface area contributed by atoms with Crippen LogP contribution in [-0.2, 0) is 0 Å². The smallest absolute Gasteiger partial charge is 0.252 e. The average Bonchev–Trinajstić information content (AvgIpc) is 2.82. The number of anilines is 5. The zero-order valence-electron chi connectivity index (χ0n) is 18.7. The van der Waals surface area contributed by atoms with Crippen LogP contribution in [0.4, 0.5) is 28.7 Å². The molecule has 3 aromatic rings. The van der Waals surface area contributed by atoms with E-state index in [1.165, 1.54) is 12.5 Å². The van der Waals surface area contributed by atoms with Crippen LogP contribution in [0, 0.1) is 0 Å². The number of piperazine rings is 1. The molecule has 0 saturated carbocycles. The Morgan fingerprint density at radius 3 is 2.52 bits per heavy atom. The molecule has 0 aromatic carbocycles. The van der Waals surface area contributed by atoms with Gasteiger partial charge in [0.05, 0.1) is 35.9 Å². The first-order valence-electron chi connectivity index (χ1n) is 10.7. The lowest BCUT2D eigenvalue weighted by Crippen LogP contribution is -2.44. The molecule has 1 saturated heterocycles. The Kier molecular flexibility index (Phi) is 6.79. The van der Waals surface area contributed by atoms with Crippen LogP contribution in [0.2, 0.25) is 0 Å². The lowest BCUT2D eigenvalue weighted by Gasteiger charge is -2.33. The number of nitrogens with zero attached hydrogens (tertiary/aromatic N) is 6. The van der Waals surface area contributed by atoms with E-state index in [-0.39, 0.29) is 5.56 Å². The molecular formula is C22H27N9O2. The van der Waals surface area contributed by atoms with E-state index in [1.54, 1.807) is 12.3 Å². The van der Waals surface area contributed by atoms with Gasteiger partial charge in [0.25, 0.3) is 5.91 Å². The zero-order chi connectivity index (χ0) is 23.2. The van der Waals surface area contributed by atoms with E-state index in [2.05, 4.69) is 47.4 Å². The summed E-state index contributed by atoms with van der Waals surface area (Å²) in [5.41, 5.74) is 7.81. The molecule has 0 aliphatic carbocycles. The Labute approximate surface area is 192 Å². The van der Waals surface area contributed by atoms with Crippen molar-refractivity contribution in [3.8, 4) is 5.88 Å². The third-order valence-corrected chi connectivity index (χ3v) is 5.27. The van der Waals surface area contributed by atoms with Gasteiger partial charge in [-0.15, -0.1) is 0 Å². The summed E-state index contributed by atoms with van der Waals surface area (Å²) in [6.45, 7) is 6.31. The molecule has 1 aliphatic heterocycles. The van der Waals surface area contributed by atoms with E-state index < -0.39 is 5.91 Å². The van der Waals surface area contributed by atoms with Crippen molar-refractivity contribution < 1.29 is 9.53 Å². The summed E-state index contributed by atoms with van der Waals surface area (Å²) in [5, 5.41) is 6.30. The monoisotopic (exact) mass is 449 g/mol. The molecule has 4 rings (SSSR count). The Morgan fingerprint density at radius 2 is 1.82 bits per heavy atom. The second-order valence-corrected chi connectivity index (χ2v) is 7.60. The summed E-state index contributed by atoms with van der Waals surface area (Å²) in [6, 6.07) is 5.62.